The normalized spacial score (nSPS) is 30.9. The Labute approximate surface area is 235 Å². The molecule has 0 aromatic carbocycles. The Morgan fingerprint density at radius 1 is 1.07 bits per heavy atom. The van der Waals surface area contributed by atoms with Crippen LogP contribution in [0.1, 0.15) is 75.5 Å². The second-order valence-corrected chi connectivity index (χ2v) is 14.5. The minimum atomic E-state index is -3.94. The van der Waals surface area contributed by atoms with Gasteiger partial charge in [-0.05, 0) is 81.0 Å². The van der Waals surface area contributed by atoms with Gasteiger partial charge in [-0.1, -0.05) is 23.8 Å². The summed E-state index contributed by atoms with van der Waals surface area (Å²) in [5, 5.41) is 2.85. The number of anilines is 1. The molecule has 7 aliphatic rings. The van der Waals surface area contributed by atoms with E-state index in [0.717, 1.165) is 48.0 Å². The van der Waals surface area contributed by atoms with Crippen LogP contribution in [0.3, 0.4) is 0 Å². The molecule has 1 aromatic rings. The molecule has 10 heteroatoms. The van der Waals surface area contributed by atoms with Gasteiger partial charge >= 0.3 is 0 Å². The van der Waals surface area contributed by atoms with E-state index in [1.54, 1.807) is 0 Å². The monoisotopic (exact) mass is 564 g/mol. The van der Waals surface area contributed by atoms with Crippen molar-refractivity contribution >= 4 is 21.7 Å². The molecule has 8 rings (SSSR count). The highest BCUT2D eigenvalue weighted by molar-refractivity contribution is 7.92. The van der Waals surface area contributed by atoms with E-state index in [1.165, 1.54) is 55.4 Å². The van der Waals surface area contributed by atoms with E-state index in [4.69, 9.17) is 9.47 Å². The summed E-state index contributed by atoms with van der Waals surface area (Å²) in [5.41, 5.74) is 2.71. The lowest BCUT2D eigenvalue weighted by Gasteiger charge is -2.56. The van der Waals surface area contributed by atoms with Crippen molar-refractivity contribution in [1.29, 1.82) is 0 Å². The Morgan fingerprint density at radius 2 is 1.85 bits per heavy atom. The molecule has 40 heavy (non-hydrogen) atoms. The quantitative estimate of drug-likeness (QED) is 0.493. The third-order valence-corrected chi connectivity index (χ3v) is 11.3. The fraction of sp³-hybridized carbons (Fsp3) is 0.567. The van der Waals surface area contributed by atoms with Crippen molar-refractivity contribution in [3.05, 3.63) is 64.8 Å². The lowest BCUT2D eigenvalue weighted by molar-refractivity contribution is -0.124. The average Bonchev–Trinajstić information content (AvgIpc) is 2.92. The van der Waals surface area contributed by atoms with Gasteiger partial charge < -0.3 is 14.8 Å². The Bertz CT molecular complexity index is 1410. The maximum absolute atomic E-state index is 13.5. The van der Waals surface area contributed by atoms with Crippen LogP contribution in [0.25, 0.3) is 0 Å². The number of nitrogens with one attached hydrogen (secondary N) is 1. The second kappa shape index (κ2) is 10.1. The predicted octanol–water partition coefficient (Wildman–Crippen LogP) is 5.06. The molecule has 1 amide bonds. The third-order valence-electron chi connectivity index (χ3n) is 9.62. The van der Waals surface area contributed by atoms with Crippen molar-refractivity contribution in [3.8, 4) is 0 Å². The minimum Gasteiger partial charge on any atom is -0.464 e. The van der Waals surface area contributed by atoms with Crippen LogP contribution in [-0.2, 0) is 37.3 Å². The summed E-state index contributed by atoms with van der Waals surface area (Å²) in [6.45, 7) is 0.310. The number of nitrogens with zero attached hydrogens (tertiary/aromatic N) is 3. The van der Waals surface area contributed by atoms with Gasteiger partial charge in [-0.2, -0.15) is 4.31 Å². The summed E-state index contributed by atoms with van der Waals surface area (Å²) < 4.78 is 39.5. The molecule has 0 unspecified atom stereocenters. The van der Waals surface area contributed by atoms with Crippen LogP contribution in [0, 0.1) is 23.2 Å². The Hall–Kier alpha value is -2.98. The number of fused-ring (bicyclic) bond motifs is 1. The summed E-state index contributed by atoms with van der Waals surface area (Å²) in [4.78, 5) is 22.0. The molecule has 0 atom stereocenters. The fourth-order valence-electron chi connectivity index (χ4n) is 8.35. The molecule has 2 aliphatic heterocycles. The number of ether oxygens (including phenoxy) is 2. The van der Waals surface area contributed by atoms with Crippen molar-refractivity contribution in [2.45, 2.75) is 77.2 Å². The molecule has 9 nitrogen and oxygen atoms in total. The Morgan fingerprint density at radius 3 is 2.58 bits per heavy atom. The summed E-state index contributed by atoms with van der Waals surface area (Å²) >= 11 is 0. The van der Waals surface area contributed by atoms with Crippen LogP contribution in [0.2, 0.25) is 0 Å². The van der Waals surface area contributed by atoms with Gasteiger partial charge in [0.05, 0.1) is 12.2 Å². The van der Waals surface area contributed by atoms with Crippen LogP contribution < -0.4 is 5.32 Å². The molecule has 1 N–H and O–H groups in total. The zero-order valence-corrected chi connectivity index (χ0v) is 23.5. The first-order valence-corrected chi connectivity index (χ1v) is 16.0. The number of carbonyl (C=O) groups excluding carboxylic acids is 1. The van der Waals surface area contributed by atoms with E-state index in [9.17, 15) is 13.2 Å². The van der Waals surface area contributed by atoms with E-state index in [1.807, 2.05) is 12.2 Å². The molecule has 0 spiro atoms. The Balaban J connectivity index is 1.01. The van der Waals surface area contributed by atoms with Gasteiger partial charge in [0.1, 0.15) is 30.4 Å². The number of sulfonamides is 1. The number of amides is 1. The van der Waals surface area contributed by atoms with E-state index < -0.39 is 10.0 Å². The van der Waals surface area contributed by atoms with E-state index in [0.29, 0.717) is 36.5 Å². The highest BCUT2D eigenvalue weighted by atomic mass is 32.2. The van der Waals surface area contributed by atoms with Crippen LogP contribution in [0.15, 0.2) is 53.5 Å². The van der Waals surface area contributed by atoms with Crippen molar-refractivity contribution in [3.63, 3.8) is 0 Å². The topological polar surface area (TPSA) is 111 Å². The first kappa shape index (κ1) is 26.0. The van der Waals surface area contributed by atoms with Gasteiger partial charge in [-0.25, -0.2) is 18.4 Å². The molecule has 0 saturated heterocycles. The predicted molar refractivity (Wildman–Crippen MR) is 148 cm³/mol. The smallest absolute Gasteiger partial charge is 0.280 e. The molecule has 3 heterocycles. The first-order chi connectivity index (χ1) is 19.4. The molecule has 212 valence electrons. The number of carbonyl (C=O) groups is 1. The highest BCUT2D eigenvalue weighted by Gasteiger charge is 2.51. The summed E-state index contributed by atoms with van der Waals surface area (Å²) in [6, 6.07) is 0. The van der Waals surface area contributed by atoms with Crippen LogP contribution in [0.4, 0.5) is 5.82 Å². The molecule has 0 radical (unpaired) electrons. The zero-order valence-electron chi connectivity index (χ0n) is 22.7. The van der Waals surface area contributed by atoms with Gasteiger partial charge in [0.25, 0.3) is 15.1 Å². The molecule has 4 saturated carbocycles. The van der Waals surface area contributed by atoms with Gasteiger partial charge in [0.2, 0.25) is 5.91 Å². The van der Waals surface area contributed by atoms with Crippen LogP contribution in [-0.4, -0.2) is 35.1 Å². The van der Waals surface area contributed by atoms with Crippen LogP contribution in [0.5, 0.6) is 0 Å². The minimum absolute atomic E-state index is 0.0127. The SMILES string of the molecule is O=C(CC12CC3CC(CC(C3)C1)C2)Nc1ncnc2c1CCN(S(=O)(=O)C1=COC=C(CC3=CC=CCC3)O1)C2. The summed E-state index contributed by atoms with van der Waals surface area (Å²) in [6.07, 6.45) is 21.0. The summed E-state index contributed by atoms with van der Waals surface area (Å²) in [7, 11) is -3.94. The van der Waals surface area contributed by atoms with Gasteiger partial charge in [0.15, 0.2) is 0 Å². The number of hydrogen-bond donors (Lipinski definition) is 1. The van der Waals surface area contributed by atoms with E-state index >= 15 is 0 Å². The van der Waals surface area contributed by atoms with Crippen molar-refractivity contribution in [2.75, 3.05) is 11.9 Å². The average molecular weight is 565 g/mol. The third kappa shape index (κ3) is 5.00. The number of allylic oxidation sites excluding steroid dienone is 4. The molecule has 1 aromatic heterocycles. The second-order valence-electron chi connectivity index (χ2n) is 12.6. The van der Waals surface area contributed by atoms with Crippen molar-refractivity contribution in [1.82, 2.24) is 14.3 Å². The van der Waals surface area contributed by atoms with E-state index in [-0.39, 0.29) is 29.5 Å². The maximum atomic E-state index is 13.5. The number of rotatable bonds is 7. The lowest BCUT2D eigenvalue weighted by atomic mass is 9.49. The molecular formula is C30H36N4O5S. The standard InChI is InChI=1S/C30H36N4O5S/c35-27(15-30-12-21-8-22(13-30)10-23(9-21)14-30)33-29-25-6-7-34(16-26(25)31-19-32-29)40(36,37)28-18-38-17-24(39-28)11-20-4-2-1-3-5-20/h1-2,4,17-19,21-23H,3,5-16H2,(H,31,32,33,35). The largest absolute Gasteiger partial charge is 0.464 e. The van der Waals surface area contributed by atoms with Crippen LogP contribution >= 0.6 is 0 Å². The van der Waals surface area contributed by atoms with Gasteiger partial charge in [-0.15, -0.1) is 0 Å². The fourth-order valence-corrected chi connectivity index (χ4v) is 9.62. The molecule has 5 aliphatic carbocycles. The first-order valence-electron chi connectivity index (χ1n) is 14.6. The highest BCUT2D eigenvalue weighted by Crippen LogP contribution is 2.61. The Kier molecular flexibility index (Phi) is 6.58. The molecular weight excluding hydrogens is 528 g/mol. The summed E-state index contributed by atoms with van der Waals surface area (Å²) in [5.74, 6) is 3.36. The van der Waals surface area contributed by atoms with Crippen molar-refractivity contribution in [2.24, 2.45) is 23.2 Å². The van der Waals surface area contributed by atoms with Gasteiger partial charge in [0, 0.05) is 24.9 Å². The lowest BCUT2D eigenvalue weighted by Crippen LogP contribution is -2.47. The number of hydrogen-bond acceptors (Lipinski definition) is 7. The van der Waals surface area contributed by atoms with Crippen molar-refractivity contribution < 1.29 is 22.7 Å². The molecule has 4 bridgehead atoms. The molecule has 4 fully saturated rings. The van der Waals surface area contributed by atoms with Gasteiger partial charge in [-0.3, -0.25) is 4.79 Å². The zero-order chi connectivity index (χ0) is 27.3. The number of aromatic nitrogens is 2. The maximum Gasteiger partial charge on any atom is 0.280 e. The van der Waals surface area contributed by atoms with E-state index in [2.05, 4.69) is 21.4 Å².